The molecule has 26 heavy (non-hydrogen) atoms. The average Bonchev–Trinajstić information content (AvgIpc) is 3.08. The van der Waals surface area contributed by atoms with Crippen molar-refractivity contribution in [3.8, 4) is 5.75 Å². The molecule has 142 valence electrons. The second-order valence-electron chi connectivity index (χ2n) is 6.15. The zero-order valence-corrected chi connectivity index (χ0v) is 16.5. The van der Waals surface area contributed by atoms with E-state index in [1.807, 2.05) is 44.0 Å². The van der Waals surface area contributed by atoms with Crippen molar-refractivity contribution >= 4 is 17.6 Å². The van der Waals surface area contributed by atoms with Gasteiger partial charge in [-0.25, -0.2) is 0 Å². The highest BCUT2D eigenvalue weighted by Gasteiger charge is 2.10. The fourth-order valence-electron chi connectivity index (χ4n) is 2.23. The number of aliphatic imine (C=N–C) groups is 1. The van der Waals surface area contributed by atoms with E-state index < -0.39 is 0 Å². The van der Waals surface area contributed by atoms with Gasteiger partial charge in [-0.1, -0.05) is 36.7 Å². The fraction of sp³-hybridized carbons (Fsp3) is 0.500. The lowest BCUT2D eigenvalue weighted by atomic mass is 10.2. The first-order valence-corrected chi connectivity index (χ1v) is 9.00. The lowest BCUT2D eigenvalue weighted by molar-refractivity contribution is 0.281. The predicted octanol–water partition coefficient (Wildman–Crippen LogP) is 2.98. The standard InChI is InChI=1S/C18H26ClN5O2/c1-13(2)17-22-16(26-23-17)8-9-21-18(20-3)24(4)10-11-25-15-7-5-6-14(19)12-15/h5-7,12-13H,8-11H2,1-4H3,(H,20,21). The Kier molecular flexibility index (Phi) is 7.72. The van der Waals surface area contributed by atoms with Crippen molar-refractivity contribution in [2.75, 3.05) is 33.8 Å². The van der Waals surface area contributed by atoms with Gasteiger partial charge in [-0.15, -0.1) is 0 Å². The van der Waals surface area contributed by atoms with Crippen LogP contribution < -0.4 is 10.1 Å². The summed E-state index contributed by atoms with van der Waals surface area (Å²) in [5.41, 5.74) is 0. The largest absolute Gasteiger partial charge is 0.492 e. The molecule has 0 saturated heterocycles. The quantitative estimate of drug-likeness (QED) is 0.561. The Morgan fingerprint density at radius 1 is 1.42 bits per heavy atom. The Hall–Kier alpha value is -2.28. The highest BCUT2D eigenvalue weighted by atomic mass is 35.5. The van der Waals surface area contributed by atoms with Crippen molar-refractivity contribution in [1.82, 2.24) is 20.4 Å². The topological polar surface area (TPSA) is 75.8 Å². The van der Waals surface area contributed by atoms with Gasteiger partial charge in [0.15, 0.2) is 11.8 Å². The van der Waals surface area contributed by atoms with Crippen LogP contribution in [0.2, 0.25) is 5.02 Å². The van der Waals surface area contributed by atoms with Crippen LogP contribution in [0.25, 0.3) is 0 Å². The van der Waals surface area contributed by atoms with E-state index in [0.29, 0.717) is 37.0 Å². The fourth-order valence-corrected chi connectivity index (χ4v) is 2.41. The van der Waals surface area contributed by atoms with Crippen LogP contribution in [0.15, 0.2) is 33.8 Å². The molecule has 0 fully saturated rings. The van der Waals surface area contributed by atoms with Crippen molar-refractivity contribution in [2.45, 2.75) is 26.2 Å². The monoisotopic (exact) mass is 379 g/mol. The number of hydrogen-bond donors (Lipinski definition) is 1. The average molecular weight is 380 g/mol. The molecule has 8 heteroatoms. The van der Waals surface area contributed by atoms with Crippen LogP contribution in [0.4, 0.5) is 0 Å². The maximum atomic E-state index is 5.95. The molecule has 7 nitrogen and oxygen atoms in total. The van der Waals surface area contributed by atoms with Crippen LogP contribution in [0.5, 0.6) is 5.75 Å². The first-order chi connectivity index (χ1) is 12.5. The van der Waals surface area contributed by atoms with Crippen LogP contribution in [0.3, 0.4) is 0 Å². The van der Waals surface area contributed by atoms with Crippen LogP contribution >= 0.6 is 11.6 Å². The highest BCUT2D eigenvalue weighted by Crippen LogP contribution is 2.16. The number of benzene rings is 1. The lowest BCUT2D eigenvalue weighted by Gasteiger charge is -2.22. The number of ether oxygens (including phenoxy) is 1. The number of rotatable bonds is 8. The molecule has 0 aliphatic heterocycles. The molecule has 1 aromatic carbocycles. The van der Waals surface area contributed by atoms with E-state index in [-0.39, 0.29) is 5.92 Å². The Labute approximate surface area is 159 Å². The molecule has 1 heterocycles. The van der Waals surface area contributed by atoms with Crippen molar-refractivity contribution in [2.24, 2.45) is 4.99 Å². The molecular formula is C18H26ClN5O2. The third-order valence-electron chi connectivity index (χ3n) is 3.69. The second-order valence-corrected chi connectivity index (χ2v) is 6.59. The molecular weight excluding hydrogens is 354 g/mol. The molecule has 0 amide bonds. The lowest BCUT2D eigenvalue weighted by Crippen LogP contribution is -2.41. The summed E-state index contributed by atoms with van der Waals surface area (Å²) in [5.74, 6) is 3.16. The summed E-state index contributed by atoms with van der Waals surface area (Å²) in [6, 6.07) is 7.36. The van der Waals surface area contributed by atoms with Gasteiger partial charge in [0, 0.05) is 38.0 Å². The second kappa shape index (κ2) is 10.0. The van der Waals surface area contributed by atoms with Crippen molar-refractivity contribution in [1.29, 1.82) is 0 Å². The van der Waals surface area contributed by atoms with Crippen LogP contribution in [-0.4, -0.2) is 54.8 Å². The molecule has 1 aromatic heterocycles. The summed E-state index contributed by atoms with van der Waals surface area (Å²) >= 11 is 5.95. The molecule has 2 rings (SSSR count). The molecule has 0 spiro atoms. The molecule has 0 atom stereocenters. The number of nitrogens with zero attached hydrogens (tertiary/aromatic N) is 4. The molecule has 0 aliphatic carbocycles. The molecule has 1 N–H and O–H groups in total. The van der Waals surface area contributed by atoms with Gasteiger partial charge in [-0.3, -0.25) is 4.99 Å². The summed E-state index contributed by atoms with van der Waals surface area (Å²) in [4.78, 5) is 10.6. The van der Waals surface area contributed by atoms with Gasteiger partial charge >= 0.3 is 0 Å². The molecule has 0 bridgehead atoms. The van der Waals surface area contributed by atoms with E-state index in [1.165, 1.54) is 0 Å². The van der Waals surface area contributed by atoms with Crippen molar-refractivity contribution in [3.05, 3.63) is 41.0 Å². The number of nitrogens with one attached hydrogen (secondary N) is 1. The summed E-state index contributed by atoms with van der Waals surface area (Å²) in [5, 5.41) is 7.91. The van der Waals surface area contributed by atoms with Gasteiger partial charge in [-0.2, -0.15) is 4.98 Å². The molecule has 2 aromatic rings. The van der Waals surface area contributed by atoms with Gasteiger partial charge < -0.3 is 19.5 Å². The van der Waals surface area contributed by atoms with E-state index in [2.05, 4.69) is 20.4 Å². The van der Waals surface area contributed by atoms with Crippen molar-refractivity contribution in [3.63, 3.8) is 0 Å². The van der Waals surface area contributed by atoms with E-state index >= 15 is 0 Å². The van der Waals surface area contributed by atoms with Gasteiger partial charge in [0.25, 0.3) is 0 Å². The first kappa shape index (κ1) is 20.0. The van der Waals surface area contributed by atoms with E-state index in [4.69, 9.17) is 20.9 Å². The number of hydrogen-bond acceptors (Lipinski definition) is 5. The molecule has 0 radical (unpaired) electrons. The number of guanidine groups is 1. The summed E-state index contributed by atoms with van der Waals surface area (Å²) < 4.78 is 10.9. The summed E-state index contributed by atoms with van der Waals surface area (Å²) in [6.07, 6.45) is 0.644. The van der Waals surface area contributed by atoms with Crippen molar-refractivity contribution < 1.29 is 9.26 Å². The zero-order valence-electron chi connectivity index (χ0n) is 15.7. The van der Waals surface area contributed by atoms with E-state index in [0.717, 1.165) is 17.5 Å². The Morgan fingerprint density at radius 2 is 2.23 bits per heavy atom. The maximum absolute atomic E-state index is 5.95. The van der Waals surface area contributed by atoms with E-state index in [9.17, 15) is 0 Å². The highest BCUT2D eigenvalue weighted by molar-refractivity contribution is 6.30. The Bertz CT molecular complexity index is 717. The molecule has 0 saturated carbocycles. The van der Waals surface area contributed by atoms with Crippen LogP contribution in [-0.2, 0) is 6.42 Å². The van der Waals surface area contributed by atoms with Crippen LogP contribution in [0, 0.1) is 0 Å². The van der Waals surface area contributed by atoms with Crippen LogP contribution in [0.1, 0.15) is 31.5 Å². The van der Waals surface area contributed by atoms with Gasteiger partial charge in [-0.05, 0) is 18.2 Å². The SMILES string of the molecule is CN=C(NCCc1nc(C(C)C)no1)N(C)CCOc1cccc(Cl)c1. The predicted molar refractivity (Wildman–Crippen MR) is 103 cm³/mol. The zero-order chi connectivity index (χ0) is 18.9. The van der Waals surface area contributed by atoms with Gasteiger partial charge in [0.1, 0.15) is 12.4 Å². The summed E-state index contributed by atoms with van der Waals surface area (Å²) in [7, 11) is 3.71. The Morgan fingerprint density at radius 3 is 2.88 bits per heavy atom. The van der Waals surface area contributed by atoms with E-state index in [1.54, 1.807) is 13.1 Å². The Balaban J connectivity index is 1.72. The third-order valence-corrected chi connectivity index (χ3v) is 3.92. The minimum atomic E-state index is 0.263. The first-order valence-electron chi connectivity index (χ1n) is 8.62. The summed E-state index contributed by atoms with van der Waals surface area (Å²) in [6.45, 7) is 5.94. The molecule has 0 aliphatic rings. The van der Waals surface area contributed by atoms with Gasteiger partial charge in [0.05, 0.1) is 6.54 Å². The van der Waals surface area contributed by atoms with Gasteiger partial charge in [0.2, 0.25) is 5.89 Å². The minimum Gasteiger partial charge on any atom is -0.492 e. The number of halogens is 1. The third kappa shape index (κ3) is 6.22. The normalized spacial score (nSPS) is 11.7. The minimum absolute atomic E-state index is 0.263. The molecule has 0 unspecified atom stereocenters. The number of aromatic nitrogens is 2. The smallest absolute Gasteiger partial charge is 0.228 e. The maximum Gasteiger partial charge on any atom is 0.228 e. The number of likely N-dealkylation sites (N-methyl/N-ethyl adjacent to an activating group) is 1.